The van der Waals surface area contributed by atoms with Gasteiger partial charge in [0.15, 0.2) is 5.79 Å². The van der Waals surface area contributed by atoms with Crippen molar-refractivity contribution in [3.05, 3.63) is 12.2 Å². The second kappa shape index (κ2) is 20.2. The summed E-state index contributed by atoms with van der Waals surface area (Å²) in [5, 5.41) is 5.82. The second-order valence-corrected chi connectivity index (χ2v) is 13.7. The first-order valence-electron chi connectivity index (χ1n) is 17.4. The molecule has 8 nitrogen and oxygen atoms in total. The van der Waals surface area contributed by atoms with Crippen LogP contribution >= 0.6 is 0 Å². The summed E-state index contributed by atoms with van der Waals surface area (Å²) in [6.07, 6.45) is 23.0. The van der Waals surface area contributed by atoms with E-state index in [9.17, 15) is 14.4 Å². The van der Waals surface area contributed by atoms with Crippen molar-refractivity contribution in [1.29, 1.82) is 0 Å². The average molecular weight is 606 g/mol. The van der Waals surface area contributed by atoms with Crippen LogP contribution in [-0.4, -0.2) is 66.8 Å². The molecule has 248 valence electrons. The summed E-state index contributed by atoms with van der Waals surface area (Å²) in [4.78, 5) is 40.0. The minimum Gasteiger partial charge on any atom is -0.354 e. The number of hydrogen-bond acceptors (Lipinski definition) is 5. The molecule has 2 heterocycles. The third-order valence-corrected chi connectivity index (χ3v) is 8.68. The van der Waals surface area contributed by atoms with E-state index in [1.165, 1.54) is 70.6 Å². The number of carbonyl (C=O) groups excluding carboxylic acids is 3. The summed E-state index contributed by atoms with van der Waals surface area (Å²) in [7, 11) is 0. The van der Waals surface area contributed by atoms with Crippen molar-refractivity contribution >= 4 is 17.7 Å². The molecule has 2 aliphatic heterocycles. The van der Waals surface area contributed by atoms with Crippen LogP contribution in [0.1, 0.15) is 144 Å². The molecule has 43 heavy (non-hydrogen) atoms. The standard InChI is InChI=1S/C35H63N3O5/c1-6-7-8-9-10-11-12-13-14-15-16-17-18-19-20-23-31(40)38-26-21-22-29(38)27-37-30(39)24-25-36-33(41)32-34(2,3)28-42-35(4,5)43-32/h13-14,29,32H,6-12,15-28H2,1-5H3,(H,36,41)(H,37,39). The number of allylic oxidation sites excluding steroid dienone is 2. The molecule has 8 heteroatoms. The molecule has 2 unspecified atom stereocenters. The van der Waals surface area contributed by atoms with E-state index in [1.54, 1.807) is 13.8 Å². The lowest BCUT2D eigenvalue weighted by Gasteiger charge is -2.44. The summed E-state index contributed by atoms with van der Waals surface area (Å²) in [6.45, 7) is 11.6. The first-order chi connectivity index (χ1) is 20.6. The van der Waals surface area contributed by atoms with Crippen molar-refractivity contribution in [3.8, 4) is 0 Å². The van der Waals surface area contributed by atoms with Gasteiger partial charge in [0.25, 0.3) is 0 Å². The van der Waals surface area contributed by atoms with Gasteiger partial charge in [-0.1, -0.05) is 84.3 Å². The molecule has 2 atom stereocenters. The predicted octanol–water partition coefficient (Wildman–Crippen LogP) is 6.82. The van der Waals surface area contributed by atoms with Gasteiger partial charge in [-0.2, -0.15) is 0 Å². The fraction of sp³-hybridized carbons (Fsp3) is 0.857. The Morgan fingerprint density at radius 1 is 0.837 bits per heavy atom. The third-order valence-electron chi connectivity index (χ3n) is 8.68. The van der Waals surface area contributed by atoms with E-state index in [1.807, 2.05) is 18.7 Å². The van der Waals surface area contributed by atoms with E-state index in [0.29, 0.717) is 19.6 Å². The molecule has 0 radical (unpaired) electrons. The van der Waals surface area contributed by atoms with Gasteiger partial charge in [0, 0.05) is 43.9 Å². The number of rotatable bonds is 21. The SMILES string of the molecule is CCCCCCCCC=CCCCCCCCC(=O)N1CCCC1CNC(=O)CCNC(=O)C1OC(C)(C)OCC1(C)C. The molecule has 0 aliphatic carbocycles. The van der Waals surface area contributed by atoms with Gasteiger partial charge in [-0.05, 0) is 58.8 Å². The predicted molar refractivity (Wildman–Crippen MR) is 174 cm³/mol. The zero-order valence-corrected chi connectivity index (χ0v) is 28.1. The zero-order valence-electron chi connectivity index (χ0n) is 28.1. The Labute approximate surface area is 262 Å². The fourth-order valence-corrected chi connectivity index (χ4v) is 5.90. The van der Waals surface area contributed by atoms with E-state index >= 15 is 0 Å². The number of likely N-dealkylation sites (tertiary alicyclic amines) is 1. The quantitative estimate of drug-likeness (QED) is 0.111. The maximum Gasteiger partial charge on any atom is 0.249 e. The van der Waals surface area contributed by atoms with Gasteiger partial charge >= 0.3 is 0 Å². The minimum atomic E-state index is -0.816. The Bertz CT molecular complexity index is 856. The molecule has 2 aliphatic rings. The first kappa shape index (κ1) is 37.3. The van der Waals surface area contributed by atoms with Gasteiger partial charge in [-0.15, -0.1) is 0 Å². The normalized spacial score (nSPS) is 21.3. The molecule has 2 rings (SSSR count). The van der Waals surface area contributed by atoms with Crippen molar-refractivity contribution in [2.24, 2.45) is 5.41 Å². The van der Waals surface area contributed by atoms with Crippen LogP contribution in [0.2, 0.25) is 0 Å². The molecule has 0 spiro atoms. The number of nitrogens with one attached hydrogen (secondary N) is 2. The highest BCUT2D eigenvalue weighted by atomic mass is 16.7. The lowest BCUT2D eigenvalue weighted by Crippen LogP contribution is -2.56. The maximum absolute atomic E-state index is 12.9. The maximum atomic E-state index is 12.9. The first-order valence-corrected chi connectivity index (χ1v) is 17.4. The average Bonchev–Trinajstić information content (AvgIpc) is 3.44. The van der Waals surface area contributed by atoms with Crippen molar-refractivity contribution in [2.75, 3.05) is 26.2 Å². The topological polar surface area (TPSA) is 97.0 Å². The monoisotopic (exact) mass is 605 g/mol. The molecular weight excluding hydrogens is 542 g/mol. The van der Waals surface area contributed by atoms with Crippen molar-refractivity contribution in [2.45, 2.75) is 162 Å². The molecule has 0 bridgehead atoms. The number of unbranched alkanes of at least 4 members (excludes halogenated alkanes) is 11. The van der Waals surface area contributed by atoms with Crippen molar-refractivity contribution in [3.63, 3.8) is 0 Å². The Balaban J connectivity index is 1.51. The molecule has 3 amide bonds. The summed E-state index contributed by atoms with van der Waals surface area (Å²) in [5.41, 5.74) is -0.454. The van der Waals surface area contributed by atoms with Crippen LogP contribution in [-0.2, 0) is 23.9 Å². The van der Waals surface area contributed by atoms with Gasteiger partial charge in [0.1, 0.15) is 6.10 Å². The van der Waals surface area contributed by atoms with Gasteiger partial charge < -0.3 is 25.0 Å². The van der Waals surface area contributed by atoms with Gasteiger partial charge in [0.05, 0.1) is 6.61 Å². The van der Waals surface area contributed by atoms with Gasteiger partial charge in [-0.25, -0.2) is 0 Å². The molecule has 0 saturated carbocycles. The van der Waals surface area contributed by atoms with Crippen LogP contribution < -0.4 is 10.6 Å². The van der Waals surface area contributed by atoms with Crippen LogP contribution in [0.5, 0.6) is 0 Å². The fourth-order valence-electron chi connectivity index (χ4n) is 5.90. The van der Waals surface area contributed by atoms with E-state index in [4.69, 9.17) is 9.47 Å². The highest BCUT2D eigenvalue weighted by Gasteiger charge is 2.45. The number of carbonyl (C=O) groups is 3. The van der Waals surface area contributed by atoms with Gasteiger partial charge in [0.2, 0.25) is 17.7 Å². The van der Waals surface area contributed by atoms with E-state index in [-0.39, 0.29) is 36.7 Å². The summed E-state index contributed by atoms with van der Waals surface area (Å²) >= 11 is 0. The van der Waals surface area contributed by atoms with Crippen LogP contribution in [0.3, 0.4) is 0 Å². The summed E-state index contributed by atoms with van der Waals surface area (Å²) in [6, 6.07) is 0.0628. The van der Waals surface area contributed by atoms with Crippen LogP contribution in [0.15, 0.2) is 12.2 Å². The van der Waals surface area contributed by atoms with Crippen LogP contribution in [0, 0.1) is 5.41 Å². The van der Waals surface area contributed by atoms with Crippen LogP contribution in [0.4, 0.5) is 0 Å². The van der Waals surface area contributed by atoms with E-state index in [2.05, 4.69) is 29.7 Å². The highest BCUT2D eigenvalue weighted by molar-refractivity contribution is 5.83. The Kier molecular flexibility index (Phi) is 17.5. The van der Waals surface area contributed by atoms with Crippen molar-refractivity contribution < 1.29 is 23.9 Å². The molecule has 2 N–H and O–H groups in total. The van der Waals surface area contributed by atoms with Crippen LogP contribution in [0.25, 0.3) is 0 Å². The van der Waals surface area contributed by atoms with Gasteiger partial charge in [-0.3, -0.25) is 14.4 Å². The molecule has 0 aromatic rings. The molecule has 0 aromatic carbocycles. The summed E-state index contributed by atoms with van der Waals surface area (Å²) in [5.74, 6) is -0.950. The summed E-state index contributed by atoms with van der Waals surface area (Å²) < 4.78 is 11.5. The highest BCUT2D eigenvalue weighted by Crippen LogP contribution is 2.34. The number of nitrogens with zero attached hydrogens (tertiary/aromatic N) is 1. The largest absolute Gasteiger partial charge is 0.354 e. The third kappa shape index (κ3) is 15.1. The lowest BCUT2D eigenvalue weighted by molar-refractivity contribution is -0.304. The minimum absolute atomic E-state index is 0.0628. The van der Waals surface area contributed by atoms with Crippen molar-refractivity contribution in [1.82, 2.24) is 15.5 Å². The Morgan fingerprint density at radius 3 is 2.14 bits per heavy atom. The smallest absolute Gasteiger partial charge is 0.249 e. The zero-order chi connectivity index (χ0) is 31.6. The van der Waals surface area contributed by atoms with E-state index < -0.39 is 17.3 Å². The number of hydrogen-bond donors (Lipinski definition) is 2. The number of ether oxygens (including phenoxy) is 2. The second-order valence-electron chi connectivity index (χ2n) is 13.7. The molecular formula is C35H63N3O5. The number of amides is 3. The van der Waals surface area contributed by atoms with E-state index in [0.717, 1.165) is 32.2 Å². The lowest BCUT2D eigenvalue weighted by atomic mass is 9.85. The molecule has 0 aromatic heterocycles. The Morgan fingerprint density at radius 2 is 1.47 bits per heavy atom. The molecule has 2 saturated heterocycles. The Hall–Kier alpha value is -1.93. The molecule has 2 fully saturated rings.